The number of amides is 1. The lowest BCUT2D eigenvalue weighted by molar-refractivity contribution is -0.121. The van der Waals surface area contributed by atoms with Crippen molar-refractivity contribution in [3.8, 4) is 22.8 Å². The van der Waals surface area contributed by atoms with Gasteiger partial charge in [-0.2, -0.15) is 0 Å². The summed E-state index contributed by atoms with van der Waals surface area (Å²) >= 11 is 0. The second-order valence-electron chi connectivity index (χ2n) is 6.68. The Hall–Kier alpha value is -3.28. The lowest BCUT2D eigenvalue weighted by Gasteiger charge is -2.15. The third-order valence-corrected chi connectivity index (χ3v) is 4.69. The number of nitrogens with one attached hydrogen (secondary N) is 1. The smallest absolute Gasteiger partial charge is 0.220 e. The Morgan fingerprint density at radius 3 is 2.48 bits per heavy atom. The van der Waals surface area contributed by atoms with E-state index < -0.39 is 5.82 Å². The van der Waals surface area contributed by atoms with E-state index in [9.17, 15) is 9.18 Å². The number of rotatable bonds is 8. The van der Waals surface area contributed by atoms with Crippen LogP contribution in [0.15, 0.2) is 59.0 Å². The Bertz CT molecular complexity index is 965. The highest BCUT2D eigenvalue weighted by molar-refractivity contribution is 5.76. The normalized spacial score (nSPS) is 11.7. The van der Waals surface area contributed by atoms with Crippen LogP contribution < -0.4 is 14.8 Å². The van der Waals surface area contributed by atoms with E-state index in [1.807, 2.05) is 43.3 Å². The van der Waals surface area contributed by atoms with Crippen molar-refractivity contribution in [2.24, 2.45) is 0 Å². The number of carbonyl (C=O) groups is 1. The van der Waals surface area contributed by atoms with Crippen molar-refractivity contribution in [3.05, 3.63) is 71.7 Å². The van der Waals surface area contributed by atoms with Gasteiger partial charge in [0.1, 0.15) is 17.3 Å². The molecule has 1 aromatic heterocycles. The first-order chi connectivity index (χ1) is 14.0. The molecule has 29 heavy (non-hydrogen) atoms. The number of benzene rings is 2. The van der Waals surface area contributed by atoms with Crippen molar-refractivity contribution in [1.82, 2.24) is 5.32 Å². The van der Waals surface area contributed by atoms with Crippen LogP contribution in [0.4, 0.5) is 4.39 Å². The van der Waals surface area contributed by atoms with Gasteiger partial charge in [0.05, 0.1) is 20.3 Å². The van der Waals surface area contributed by atoms with Gasteiger partial charge in [0.15, 0.2) is 11.6 Å². The summed E-state index contributed by atoms with van der Waals surface area (Å²) in [6, 6.07) is 15.7. The number of methoxy groups -OCH3 is 2. The summed E-state index contributed by atoms with van der Waals surface area (Å²) in [5.41, 5.74) is 1.62. The predicted molar refractivity (Wildman–Crippen MR) is 109 cm³/mol. The van der Waals surface area contributed by atoms with E-state index in [2.05, 4.69) is 5.32 Å². The Labute approximate surface area is 169 Å². The van der Waals surface area contributed by atoms with Gasteiger partial charge in [-0.3, -0.25) is 4.79 Å². The van der Waals surface area contributed by atoms with Crippen molar-refractivity contribution in [2.45, 2.75) is 25.8 Å². The van der Waals surface area contributed by atoms with Gasteiger partial charge >= 0.3 is 0 Å². The minimum Gasteiger partial charge on any atom is -0.497 e. The molecule has 0 aliphatic rings. The van der Waals surface area contributed by atoms with E-state index in [1.54, 1.807) is 19.2 Å². The standard InChI is InChI=1S/C23H24FNO4/c1-15(17-6-11-22(28-3)20(24)14-17)25-23(26)13-10-19-9-12-21(29-19)16-4-7-18(27-2)8-5-16/h4-9,11-12,14-15H,10,13H2,1-3H3,(H,25,26). The maximum absolute atomic E-state index is 13.8. The quantitative estimate of drug-likeness (QED) is 0.587. The van der Waals surface area contributed by atoms with E-state index in [1.165, 1.54) is 13.2 Å². The molecule has 6 heteroatoms. The Morgan fingerprint density at radius 2 is 1.83 bits per heavy atom. The fourth-order valence-electron chi connectivity index (χ4n) is 3.01. The SMILES string of the molecule is COc1ccc(-c2ccc(CCC(=O)NC(C)c3ccc(OC)c(F)c3)o2)cc1. The molecule has 0 spiro atoms. The molecule has 0 saturated heterocycles. The van der Waals surface area contributed by atoms with Gasteiger partial charge < -0.3 is 19.2 Å². The second-order valence-corrected chi connectivity index (χ2v) is 6.68. The van der Waals surface area contributed by atoms with Crippen molar-refractivity contribution in [2.75, 3.05) is 14.2 Å². The van der Waals surface area contributed by atoms with Crippen LogP contribution in [-0.4, -0.2) is 20.1 Å². The van der Waals surface area contributed by atoms with E-state index in [0.717, 1.165) is 22.8 Å². The van der Waals surface area contributed by atoms with Crippen molar-refractivity contribution < 1.29 is 23.1 Å². The molecule has 1 heterocycles. The van der Waals surface area contributed by atoms with Crippen LogP contribution in [0.1, 0.15) is 30.7 Å². The van der Waals surface area contributed by atoms with Gasteiger partial charge in [-0.05, 0) is 61.0 Å². The largest absolute Gasteiger partial charge is 0.497 e. The molecule has 152 valence electrons. The minimum absolute atomic E-state index is 0.129. The summed E-state index contributed by atoms with van der Waals surface area (Å²) in [5, 5.41) is 2.88. The number of hydrogen-bond acceptors (Lipinski definition) is 4. The van der Waals surface area contributed by atoms with Crippen LogP contribution in [0.5, 0.6) is 11.5 Å². The second kappa shape index (κ2) is 9.28. The number of aryl methyl sites for hydroxylation is 1. The lowest BCUT2D eigenvalue weighted by atomic mass is 10.1. The molecule has 5 nitrogen and oxygen atoms in total. The zero-order valence-corrected chi connectivity index (χ0v) is 16.7. The van der Waals surface area contributed by atoms with Crippen LogP contribution in [0, 0.1) is 5.82 Å². The third-order valence-electron chi connectivity index (χ3n) is 4.69. The molecule has 0 saturated carbocycles. The highest BCUT2D eigenvalue weighted by atomic mass is 19.1. The number of carbonyl (C=O) groups excluding carboxylic acids is 1. The Kier molecular flexibility index (Phi) is 6.54. The van der Waals surface area contributed by atoms with Crippen molar-refractivity contribution in [3.63, 3.8) is 0 Å². The lowest BCUT2D eigenvalue weighted by Crippen LogP contribution is -2.26. The molecule has 0 aliphatic carbocycles. The molecule has 0 fully saturated rings. The fourth-order valence-corrected chi connectivity index (χ4v) is 3.01. The summed E-state index contributed by atoms with van der Waals surface area (Å²) in [5.74, 6) is 1.85. The molecular formula is C23H24FNO4. The van der Waals surface area contributed by atoms with Crippen LogP contribution >= 0.6 is 0 Å². The first-order valence-electron chi connectivity index (χ1n) is 9.36. The van der Waals surface area contributed by atoms with Gasteiger partial charge in [-0.25, -0.2) is 4.39 Å². The highest BCUT2D eigenvalue weighted by Gasteiger charge is 2.13. The molecule has 0 aliphatic heterocycles. The Morgan fingerprint density at radius 1 is 1.07 bits per heavy atom. The molecule has 1 unspecified atom stereocenters. The molecule has 1 atom stereocenters. The van der Waals surface area contributed by atoms with Gasteiger partial charge in [-0.1, -0.05) is 6.07 Å². The zero-order chi connectivity index (χ0) is 20.8. The van der Waals surface area contributed by atoms with E-state index in [-0.39, 0.29) is 24.1 Å². The first kappa shape index (κ1) is 20.5. The maximum Gasteiger partial charge on any atom is 0.220 e. The van der Waals surface area contributed by atoms with Gasteiger partial charge in [0.2, 0.25) is 5.91 Å². The number of halogens is 1. The van der Waals surface area contributed by atoms with Crippen molar-refractivity contribution >= 4 is 5.91 Å². The number of ether oxygens (including phenoxy) is 2. The minimum atomic E-state index is -0.451. The molecular weight excluding hydrogens is 373 g/mol. The summed E-state index contributed by atoms with van der Waals surface area (Å²) in [7, 11) is 3.04. The fraction of sp³-hybridized carbons (Fsp3) is 0.261. The molecule has 1 N–H and O–H groups in total. The van der Waals surface area contributed by atoms with Crippen LogP contribution in [-0.2, 0) is 11.2 Å². The molecule has 1 amide bonds. The topological polar surface area (TPSA) is 60.7 Å². The molecule has 0 radical (unpaired) electrons. The zero-order valence-electron chi connectivity index (χ0n) is 16.7. The molecule has 2 aromatic carbocycles. The molecule has 3 aromatic rings. The molecule has 0 bridgehead atoms. The summed E-state index contributed by atoms with van der Waals surface area (Å²) in [4.78, 5) is 12.3. The first-order valence-corrected chi connectivity index (χ1v) is 9.36. The van der Waals surface area contributed by atoms with Crippen LogP contribution in [0.3, 0.4) is 0 Å². The summed E-state index contributed by atoms with van der Waals surface area (Å²) in [6.07, 6.45) is 0.754. The summed E-state index contributed by atoms with van der Waals surface area (Å²) in [6.45, 7) is 1.81. The number of hydrogen-bond donors (Lipinski definition) is 1. The average Bonchev–Trinajstić information content (AvgIpc) is 3.21. The van der Waals surface area contributed by atoms with Crippen molar-refractivity contribution in [1.29, 1.82) is 0 Å². The Balaban J connectivity index is 1.54. The average molecular weight is 397 g/mol. The van der Waals surface area contributed by atoms with Crippen LogP contribution in [0.2, 0.25) is 0 Å². The van der Waals surface area contributed by atoms with E-state index in [4.69, 9.17) is 13.9 Å². The van der Waals surface area contributed by atoms with Gasteiger partial charge in [0, 0.05) is 18.4 Å². The van der Waals surface area contributed by atoms with E-state index >= 15 is 0 Å². The monoisotopic (exact) mass is 397 g/mol. The third kappa shape index (κ3) is 5.16. The van der Waals surface area contributed by atoms with Crippen LogP contribution in [0.25, 0.3) is 11.3 Å². The highest BCUT2D eigenvalue weighted by Crippen LogP contribution is 2.25. The number of furan rings is 1. The van der Waals surface area contributed by atoms with Gasteiger partial charge in [-0.15, -0.1) is 0 Å². The molecule has 3 rings (SSSR count). The summed E-state index contributed by atoms with van der Waals surface area (Å²) < 4.78 is 29.8. The van der Waals surface area contributed by atoms with Gasteiger partial charge in [0.25, 0.3) is 0 Å². The predicted octanol–water partition coefficient (Wildman–Crippen LogP) is 4.91. The van der Waals surface area contributed by atoms with E-state index in [0.29, 0.717) is 12.0 Å². The maximum atomic E-state index is 13.8.